The minimum Gasteiger partial charge on any atom is -0.489 e. The number of hydrogen-bond donors (Lipinski definition) is 1. The molecule has 3 aromatic carbocycles. The number of carbonyl (C=O) groups is 1. The van der Waals surface area contributed by atoms with E-state index in [1.807, 2.05) is 30.3 Å². The lowest BCUT2D eigenvalue weighted by Gasteiger charge is -2.09. The van der Waals surface area contributed by atoms with Crippen molar-refractivity contribution in [1.29, 1.82) is 5.26 Å². The van der Waals surface area contributed by atoms with Crippen molar-refractivity contribution in [2.24, 2.45) is 0 Å². The number of nitrogens with one attached hydrogen (secondary N) is 1. The van der Waals surface area contributed by atoms with E-state index in [1.165, 1.54) is 17.4 Å². The Balaban J connectivity index is 1.64. The van der Waals surface area contributed by atoms with Gasteiger partial charge in [-0.2, -0.15) is 5.26 Å². The molecule has 1 aromatic heterocycles. The fourth-order valence-electron chi connectivity index (χ4n) is 3.15. The molecule has 1 heterocycles. The lowest BCUT2D eigenvalue weighted by atomic mass is 10.1. The van der Waals surface area contributed by atoms with Gasteiger partial charge >= 0.3 is 0 Å². The quantitative estimate of drug-likeness (QED) is 0.423. The zero-order chi connectivity index (χ0) is 20.9. The zero-order valence-electron chi connectivity index (χ0n) is 15.9. The van der Waals surface area contributed by atoms with Crippen LogP contribution in [0.1, 0.15) is 20.8 Å². The van der Waals surface area contributed by atoms with Crippen LogP contribution in [0.5, 0.6) is 5.75 Å². The van der Waals surface area contributed by atoms with Crippen LogP contribution in [0, 0.1) is 17.1 Å². The smallest absolute Gasteiger partial charge is 0.266 e. The van der Waals surface area contributed by atoms with E-state index in [1.54, 1.807) is 36.4 Å². The van der Waals surface area contributed by atoms with Crippen LogP contribution in [0.15, 0.2) is 72.8 Å². The van der Waals surface area contributed by atoms with E-state index in [2.05, 4.69) is 11.4 Å². The van der Waals surface area contributed by atoms with Crippen LogP contribution in [-0.2, 0) is 13.0 Å². The van der Waals surface area contributed by atoms with E-state index >= 15 is 0 Å². The molecule has 0 aliphatic carbocycles. The van der Waals surface area contributed by atoms with Gasteiger partial charge in [-0.3, -0.25) is 4.79 Å². The fraction of sp³-hybridized carbons (Fsp3) is 0.0833. The Labute approximate surface area is 177 Å². The largest absolute Gasteiger partial charge is 0.489 e. The third-order valence-corrected chi connectivity index (χ3v) is 5.79. The van der Waals surface area contributed by atoms with Gasteiger partial charge in [0.2, 0.25) is 0 Å². The van der Waals surface area contributed by atoms with Gasteiger partial charge in [0.25, 0.3) is 5.91 Å². The minimum atomic E-state index is -0.379. The Morgan fingerprint density at radius 3 is 2.53 bits per heavy atom. The van der Waals surface area contributed by atoms with Crippen molar-refractivity contribution >= 4 is 33.0 Å². The summed E-state index contributed by atoms with van der Waals surface area (Å²) in [6.45, 7) is 0.0782. The topological polar surface area (TPSA) is 62.1 Å². The zero-order valence-corrected chi connectivity index (χ0v) is 16.7. The number of anilines is 1. The van der Waals surface area contributed by atoms with Crippen LogP contribution in [0.2, 0.25) is 0 Å². The summed E-state index contributed by atoms with van der Waals surface area (Å²) < 4.78 is 21.1. The van der Waals surface area contributed by atoms with Gasteiger partial charge in [0, 0.05) is 21.3 Å². The highest BCUT2D eigenvalue weighted by Crippen LogP contribution is 2.34. The molecule has 4 nitrogen and oxygen atoms in total. The van der Waals surface area contributed by atoms with Crippen molar-refractivity contribution < 1.29 is 13.9 Å². The summed E-state index contributed by atoms with van der Waals surface area (Å²) in [6, 6.07) is 23.2. The molecular weight excluding hydrogens is 399 g/mol. The number of ether oxygens (including phenoxy) is 1. The molecule has 30 heavy (non-hydrogen) atoms. The summed E-state index contributed by atoms with van der Waals surface area (Å²) in [7, 11) is 0. The van der Waals surface area contributed by atoms with E-state index in [4.69, 9.17) is 10.00 Å². The second kappa shape index (κ2) is 8.76. The maximum absolute atomic E-state index is 14.6. The standard InChI is InChI=1S/C24H17FN2O2S/c25-20-7-4-8-21-22(20)19(15-29-18-5-2-1-3-6-18)23(30-21)24(28)27-17-11-9-16(10-12-17)13-14-26/h1-12H,13,15H2,(H,27,28). The number of rotatable bonds is 6. The molecule has 148 valence electrons. The fourth-order valence-corrected chi connectivity index (χ4v) is 4.26. The number of hydrogen-bond acceptors (Lipinski definition) is 4. The van der Waals surface area contributed by atoms with Crippen LogP contribution in [0.4, 0.5) is 10.1 Å². The number of nitrogens with zero attached hydrogens (tertiary/aromatic N) is 1. The summed E-state index contributed by atoms with van der Waals surface area (Å²) in [4.78, 5) is 13.4. The molecule has 0 saturated carbocycles. The van der Waals surface area contributed by atoms with E-state index in [9.17, 15) is 9.18 Å². The lowest BCUT2D eigenvalue weighted by molar-refractivity contribution is 0.102. The molecule has 0 spiro atoms. The van der Waals surface area contributed by atoms with E-state index in [0.717, 1.165) is 5.56 Å². The second-order valence-corrected chi connectivity index (χ2v) is 7.66. The molecule has 6 heteroatoms. The number of nitriles is 1. The molecular formula is C24H17FN2O2S. The van der Waals surface area contributed by atoms with E-state index < -0.39 is 0 Å². The number of benzene rings is 3. The Morgan fingerprint density at radius 2 is 1.80 bits per heavy atom. The molecule has 4 aromatic rings. The summed E-state index contributed by atoms with van der Waals surface area (Å²) in [5, 5.41) is 12.0. The number of carbonyl (C=O) groups excluding carboxylic acids is 1. The third kappa shape index (κ3) is 4.17. The summed E-state index contributed by atoms with van der Waals surface area (Å²) >= 11 is 1.24. The minimum absolute atomic E-state index is 0.0782. The Kier molecular flexibility index (Phi) is 5.73. The van der Waals surface area contributed by atoms with Crippen molar-refractivity contribution in [2.75, 3.05) is 5.32 Å². The Bertz CT molecular complexity index is 1230. The summed E-state index contributed by atoms with van der Waals surface area (Å²) in [5.74, 6) is -0.0572. The van der Waals surface area contributed by atoms with Crippen LogP contribution >= 0.6 is 11.3 Å². The van der Waals surface area contributed by atoms with Crippen molar-refractivity contribution in [3.05, 3.63) is 94.6 Å². The van der Waals surface area contributed by atoms with Crippen molar-refractivity contribution in [3.63, 3.8) is 0 Å². The first-order chi connectivity index (χ1) is 14.7. The molecule has 1 N–H and O–H groups in total. The first-order valence-electron chi connectivity index (χ1n) is 9.30. The van der Waals surface area contributed by atoms with Gasteiger partial charge < -0.3 is 10.1 Å². The average molecular weight is 416 g/mol. The summed E-state index contributed by atoms with van der Waals surface area (Å²) in [5.41, 5.74) is 2.00. The van der Waals surface area contributed by atoms with E-state index in [-0.39, 0.29) is 18.3 Å². The summed E-state index contributed by atoms with van der Waals surface area (Å²) in [6.07, 6.45) is 0.310. The molecule has 0 aliphatic rings. The molecule has 4 rings (SSSR count). The average Bonchev–Trinajstić information content (AvgIpc) is 3.15. The predicted octanol–water partition coefficient (Wildman–Crippen LogP) is 5.94. The predicted molar refractivity (Wildman–Crippen MR) is 116 cm³/mol. The molecule has 0 bridgehead atoms. The molecule has 0 unspecified atom stereocenters. The van der Waals surface area contributed by atoms with Gasteiger partial charge in [0.05, 0.1) is 12.5 Å². The monoisotopic (exact) mass is 416 g/mol. The second-order valence-electron chi connectivity index (χ2n) is 6.61. The van der Waals surface area contributed by atoms with Crippen LogP contribution in [0.25, 0.3) is 10.1 Å². The Hall–Kier alpha value is -3.69. The molecule has 0 radical (unpaired) electrons. The van der Waals surface area contributed by atoms with Crippen molar-refractivity contribution in [3.8, 4) is 11.8 Å². The van der Waals surface area contributed by atoms with Crippen molar-refractivity contribution in [2.45, 2.75) is 13.0 Å². The van der Waals surface area contributed by atoms with Crippen LogP contribution in [-0.4, -0.2) is 5.91 Å². The normalized spacial score (nSPS) is 10.5. The first-order valence-corrected chi connectivity index (χ1v) is 10.1. The number of amides is 1. The maximum Gasteiger partial charge on any atom is 0.266 e. The molecule has 0 aliphatic heterocycles. The SMILES string of the molecule is N#CCc1ccc(NC(=O)c2sc3cccc(F)c3c2COc2ccccc2)cc1. The number of fused-ring (bicyclic) bond motifs is 1. The molecule has 0 atom stereocenters. The highest BCUT2D eigenvalue weighted by Gasteiger charge is 2.21. The van der Waals surface area contributed by atoms with Gasteiger partial charge in [-0.05, 0) is 42.0 Å². The van der Waals surface area contributed by atoms with E-state index in [0.29, 0.717) is 38.4 Å². The molecule has 0 fully saturated rings. The first kappa shape index (κ1) is 19.6. The lowest BCUT2D eigenvalue weighted by Crippen LogP contribution is -2.13. The van der Waals surface area contributed by atoms with Crippen LogP contribution in [0.3, 0.4) is 0 Å². The number of halogens is 1. The highest BCUT2D eigenvalue weighted by molar-refractivity contribution is 7.21. The maximum atomic E-state index is 14.6. The molecule has 0 saturated heterocycles. The number of para-hydroxylation sites is 1. The van der Waals surface area contributed by atoms with Crippen molar-refractivity contribution in [1.82, 2.24) is 0 Å². The molecule has 1 amide bonds. The van der Waals surface area contributed by atoms with Gasteiger partial charge in [-0.25, -0.2) is 4.39 Å². The van der Waals surface area contributed by atoms with Crippen LogP contribution < -0.4 is 10.1 Å². The van der Waals surface area contributed by atoms with Gasteiger partial charge in [-0.15, -0.1) is 11.3 Å². The third-order valence-electron chi connectivity index (χ3n) is 4.59. The Morgan fingerprint density at radius 1 is 1.03 bits per heavy atom. The van der Waals surface area contributed by atoms with Gasteiger partial charge in [0.15, 0.2) is 0 Å². The number of thiophene rings is 1. The van der Waals surface area contributed by atoms with Gasteiger partial charge in [-0.1, -0.05) is 36.4 Å². The van der Waals surface area contributed by atoms with Gasteiger partial charge in [0.1, 0.15) is 23.1 Å². The highest BCUT2D eigenvalue weighted by atomic mass is 32.1.